The van der Waals surface area contributed by atoms with Crippen LogP contribution in [0.15, 0.2) is 36.4 Å². The molecule has 0 spiro atoms. The fourth-order valence-corrected chi connectivity index (χ4v) is 3.38. The number of halogens is 1. The molecule has 1 aromatic carbocycles. The molecule has 2 amide bonds. The Labute approximate surface area is 150 Å². The summed E-state index contributed by atoms with van der Waals surface area (Å²) in [6.07, 6.45) is 2.71. The highest BCUT2D eigenvalue weighted by atomic mass is 35.5. The normalized spacial score (nSPS) is 14.9. The second-order valence-corrected chi connectivity index (χ2v) is 7.43. The number of hydrogen-bond acceptors (Lipinski definition) is 3. The topological polar surface area (TPSA) is 58.2 Å². The van der Waals surface area contributed by atoms with E-state index in [1.54, 1.807) is 12.1 Å². The van der Waals surface area contributed by atoms with Crippen molar-refractivity contribution in [3.63, 3.8) is 0 Å². The molecule has 2 N–H and O–H groups in total. The van der Waals surface area contributed by atoms with Crippen molar-refractivity contribution in [1.82, 2.24) is 5.32 Å². The van der Waals surface area contributed by atoms with E-state index >= 15 is 0 Å². The first-order chi connectivity index (χ1) is 11.6. The zero-order valence-electron chi connectivity index (χ0n) is 13.3. The lowest BCUT2D eigenvalue weighted by molar-refractivity contribution is -0.117. The fraction of sp³-hybridized carbons (Fsp3) is 0.333. The van der Waals surface area contributed by atoms with Crippen molar-refractivity contribution in [2.45, 2.75) is 32.2 Å². The van der Waals surface area contributed by atoms with Gasteiger partial charge < -0.3 is 10.6 Å². The van der Waals surface area contributed by atoms with E-state index in [1.165, 1.54) is 11.3 Å². The third-order valence-electron chi connectivity index (χ3n) is 4.01. The van der Waals surface area contributed by atoms with E-state index in [-0.39, 0.29) is 23.8 Å². The van der Waals surface area contributed by atoms with Gasteiger partial charge in [0.2, 0.25) is 5.91 Å². The van der Waals surface area contributed by atoms with Crippen LogP contribution in [0.25, 0.3) is 0 Å². The molecule has 126 valence electrons. The van der Waals surface area contributed by atoms with Crippen LogP contribution >= 0.6 is 22.9 Å². The summed E-state index contributed by atoms with van der Waals surface area (Å²) in [5, 5.41) is 7.30. The number of carbonyl (C=O) groups is 2. The number of amides is 2. The summed E-state index contributed by atoms with van der Waals surface area (Å²) >= 11 is 7.21. The second-order valence-electron chi connectivity index (χ2n) is 5.91. The van der Waals surface area contributed by atoms with Crippen LogP contribution in [-0.4, -0.2) is 11.8 Å². The zero-order valence-corrected chi connectivity index (χ0v) is 14.9. The molecule has 1 aliphatic rings. The monoisotopic (exact) mass is 362 g/mol. The predicted octanol–water partition coefficient (Wildman–Crippen LogP) is 4.63. The van der Waals surface area contributed by atoms with E-state index in [2.05, 4.69) is 10.6 Å². The number of carbonyl (C=O) groups excluding carboxylic acids is 2. The molecule has 1 unspecified atom stereocenters. The van der Waals surface area contributed by atoms with E-state index in [1.807, 2.05) is 31.2 Å². The summed E-state index contributed by atoms with van der Waals surface area (Å²) in [6, 6.07) is 10.9. The molecule has 1 fully saturated rings. The van der Waals surface area contributed by atoms with Gasteiger partial charge in [0, 0.05) is 10.9 Å². The Hall–Kier alpha value is -1.85. The van der Waals surface area contributed by atoms with E-state index in [0.29, 0.717) is 9.90 Å². The minimum atomic E-state index is -0.131. The highest BCUT2D eigenvalue weighted by molar-refractivity contribution is 7.18. The lowest BCUT2D eigenvalue weighted by Gasteiger charge is -2.17. The number of nitrogens with one attached hydrogen (secondary N) is 2. The second kappa shape index (κ2) is 7.36. The van der Waals surface area contributed by atoms with E-state index < -0.39 is 0 Å². The molecule has 3 rings (SSSR count). The third kappa shape index (κ3) is 4.16. The SMILES string of the molecule is CCC(NC(=O)c1ccc(NC(=O)C2CC2)s1)c1ccc(Cl)cc1. The molecular formula is C18H19ClN2O2S. The van der Waals surface area contributed by atoms with Crippen LogP contribution in [0, 0.1) is 5.92 Å². The number of thiophene rings is 1. The van der Waals surface area contributed by atoms with E-state index in [4.69, 9.17) is 11.6 Å². The summed E-state index contributed by atoms with van der Waals surface area (Å²) in [7, 11) is 0. The van der Waals surface area contributed by atoms with E-state index in [9.17, 15) is 9.59 Å². The molecule has 0 radical (unpaired) electrons. The third-order valence-corrected chi connectivity index (χ3v) is 5.26. The molecule has 1 heterocycles. The fourth-order valence-electron chi connectivity index (χ4n) is 2.44. The molecule has 2 aromatic rings. The standard InChI is InChI=1S/C18H19ClN2O2S/c1-2-14(11-5-7-13(19)8-6-11)20-18(23)15-9-10-16(24-15)21-17(22)12-3-4-12/h5-10,12,14H,2-4H2,1H3,(H,20,23)(H,21,22). The molecule has 4 nitrogen and oxygen atoms in total. The van der Waals surface area contributed by atoms with Crippen LogP contribution in [0.4, 0.5) is 5.00 Å². The van der Waals surface area contributed by atoms with Crippen LogP contribution in [0.5, 0.6) is 0 Å². The van der Waals surface area contributed by atoms with Gasteiger partial charge in [0.15, 0.2) is 0 Å². The van der Waals surface area contributed by atoms with Crippen LogP contribution in [0.2, 0.25) is 5.02 Å². The van der Waals surface area contributed by atoms with Gasteiger partial charge in [-0.2, -0.15) is 0 Å². The van der Waals surface area contributed by atoms with Crippen molar-refractivity contribution in [2.75, 3.05) is 5.32 Å². The number of anilines is 1. The quantitative estimate of drug-likeness (QED) is 0.787. The van der Waals surface area contributed by atoms with Gasteiger partial charge in [-0.25, -0.2) is 0 Å². The summed E-state index contributed by atoms with van der Waals surface area (Å²) in [5.41, 5.74) is 1.02. The molecule has 0 saturated heterocycles. The maximum atomic E-state index is 12.5. The van der Waals surface area contributed by atoms with Gasteiger partial charge in [-0.05, 0) is 49.1 Å². The lowest BCUT2D eigenvalue weighted by atomic mass is 10.0. The highest BCUT2D eigenvalue weighted by Gasteiger charge is 2.30. The Kier molecular flexibility index (Phi) is 5.21. The van der Waals surface area contributed by atoms with Crippen LogP contribution in [0.1, 0.15) is 47.5 Å². The van der Waals surface area contributed by atoms with E-state index in [0.717, 1.165) is 29.8 Å². The predicted molar refractivity (Wildman–Crippen MR) is 97.6 cm³/mol. The van der Waals surface area contributed by atoms with Crippen LogP contribution in [-0.2, 0) is 4.79 Å². The average molecular weight is 363 g/mol. The summed E-state index contributed by atoms with van der Waals surface area (Å²) < 4.78 is 0. The molecular weight excluding hydrogens is 344 g/mol. The van der Waals surface area contributed by atoms with Crippen molar-refractivity contribution in [3.8, 4) is 0 Å². The van der Waals surface area contributed by atoms with Crippen molar-refractivity contribution in [3.05, 3.63) is 51.9 Å². The first kappa shape index (κ1) is 17.0. The van der Waals surface area contributed by atoms with Crippen LogP contribution < -0.4 is 10.6 Å². The maximum Gasteiger partial charge on any atom is 0.261 e. The van der Waals surface area contributed by atoms with Crippen molar-refractivity contribution < 1.29 is 9.59 Å². The van der Waals surface area contributed by atoms with Gasteiger partial charge in [-0.15, -0.1) is 11.3 Å². The largest absolute Gasteiger partial charge is 0.345 e. The number of hydrogen-bond donors (Lipinski definition) is 2. The van der Waals surface area contributed by atoms with Crippen molar-refractivity contribution in [2.24, 2.45) is 5.92 Å². The molecule has 1 atom stereocenters. The van der Waals surface area contributed by atoms with Gasteiger partial charge in [0.05, 0.1) is 15.9 Å². The molecule has 24 heavy (non-hydrogen) atoms. The number of benzene rings is 1. The Morgan fingerprint density at radius 1 is 1.21 bits per heavy atom. The number of rotatable bonds is 6. The Bertz CT molecular complexity index is 738. The smallest absolute Gasteiger partial charge is 0.261 e. The molecule has 1 saturated carbocycles. The molecule has 1 aliphatic carbocycles. The van der Waals surface area contributed by atoms with Gasteiger partial charge in [0.1, 0.15) is 0 Å². The van der Waals surface area contributed by atoms with Gasteiger partial charge in [-0.3, -0.25) is 9.59 Å². The molecule has 6 heteroatoms. The lowest BCUT2D eigenvalue weighted by Crippen LogP contribution is -2.27. The average Bonchev–Trinajstić information content (AvgIpc) is 3.33. The highest BCUT2D eigenvalue weighted by Crippen LogP contribution is 2.31. The zero-order chi connectivity index (χ0) is 17.1. The summed E-state index contributed by atoms with van der Waals surface area (Å²) in [5.74, 6) is 0.0730. The van der Waals surface area contributed by atoms with Gasteiger partial charge in [-0.1, -0.05) is 30.7 Å². The Morgan fingerprint density at radius 2 is 1.92 bits per heavy atom. The first-order valence-corrected chi connectivity index (χ1v) is 9.23. The maximum absolute atomic E-state index is 12.5. The first-order valence-electron chi connectivity index (χ1n) is 8.04. The minimum Gasteiger partial charge on any atom is -0.345 e. The summed E-state index contributed by atoms with van der Waals surface area (Å²) in [4.78, 5) is 24.8. The van der Waals surface area contributed by atoms with Crippen molar-refractivity contribution >= 4 is 39.8 Å². The Morgan fingerprint density at radius 3 is 2.54 bits per heavy atom. The van der Waals surface area contributed by atoms with Gasteiger partial charge in [0.25, 0.3) is 5.91 Å². The Balaban J connectivity index is 1.63. The molecule has 1 aromatic heterocycles. The summed E-state index contributed by atoms with van der Waals surface area (Å²) in [6.45, 7) is 2.02. The van der Waals surface area contributed by atoms with Crippen LogP contribution in [0.3, 0.4) is 0 Å². The molecule has 0 bridgehead atoms. The van der Waals surface area contributed by atoms with Gasteiger partial charge >= 0.3 is 0 Å². The minimum absolute atomic E-state index is 0.0522. The molecule has 0 aliphatic heterocycles. The van der Waals surface area contributed by atoms with Crippen molar-refractivity contribution in [1.29, 1.82) is 0 Å².